The number of unbranched alkanes of at least 4 members (excludes halogenated alkanes) is 2. The molecule has 0 unspecified atom stereocenters. The third kappa shape index (κ3) is 23.6. The van der Waals surface area contributed by atoms with E-state index in [0.29, 0.717) is 19.3 Å². The third-order valence-corrected chi connectivity index (χ3v) is 0.644. The predicted octanol–water partition coefficient (Wildman–Crippen LogP) is 1.93. The number of carbonyl (C=O) groups is 2. The fourth-order valence-corrected chi connectivity index (χ4v) is 0.285. The fraction of sp³-hybridized carbons (Fsp3) is 0.600. The Morgan fingerprint density at radius 2 is 1.40 bits per heavy atom. The van der Waals surface area contributed by atoms with Crippen molar-refractivity contribution in [2.45, 2.75) is 19.3 Å². The summed E-state index contributed by atoms with van der Waals surface area (Å²) in [5.74, 6) is 0. The summed E-state index contributed by atoms with van der Waals surface area (Å²) in [6.07, 6.45) is 3.37. The van der Waals surface area contributed by atoms with Crippen molar-refractivity contribution in [1.82, 2.24) is 0 Å². The summed E-state index contributed by atoms with van der Waals surface area (Å²) >= 11 is -0.931. The van der Waals surface area contributed by atoms with Crippen molar-refractivity contribution >= 4 is 32.0 Å². The van der Waals surface area contributed by atoms with Gasteiger partial charge in [0, 0.05) is 12.8 Å². The number of hydrogen-bond acceptors (Lipinski definition) is 2. The molecule has 0 aliphatic carbocycles. The van der Waals surface area contributed by atoms with Crippen LogP contribution >= 0.6 is 19.4 Å². The van der Waals surface area contributed by atoms with Gasteiger partial charge < -0.3 is 9.59 Å². The van der Waals surface area contributed by atoms with Crippen LogP contribution in [0.4, 0.5) is 0 Å². The van der Waals surface area contributed by atoms with Gasteiger partial charge in [0.2, 0.25) is 0 Å². The van der Waals surface area contributed by atoms with Gasteiger partial charge in [0.1, 0.15) is 12.6 Å². The molecule has 0 atom stereocenters. The number of aldehydes is 2. The Kier molecular flexibility index (Phi) is 21.4. The Hall–Kier alpha value is 0.543. The summed E-state index contributed by atoms with van der Waals surface area (Å²) in [7, 11) is 9.90. The maximum atomic E-state index is 9.56. The molecular formula is C5H8Cl2O2Zn. The molecule has 0 aromatic carbocycles. The van der Waals surface area contributed by atoms with Crippen molar-refractivity contribution in [3.8, 4) is 0 Å². The molecule has 0 aliphatic rings. The number of hydrogen-bond donors (Lipinski definition) is 0. The van der Waals surface area contributed by atoms with Crippen LogP contribution < -0.4 is 0 Å². The van der Waals surface area contributed by atoms with Gasteiger partial charge in [-0.05, 0) is 6.42 Å². The van der Waals surface area contributed by atoms with E-state index in [9.17, 15) is 9.59 Å². The second-order valence-corrected chi connectivity index (χ2v) is 5.99. The van der Waals surface area contributed by atoms with Crippen LogP contribution in [0.5, 0.6) is 0 Å². The van der Waals surface area contributed by atoms with Crippen LogP contribution in [0.25, 0.3) is 0 Å². The van der Waals surface area contributed by atoms with Gasteiger partial charge in [-0.25, -0.2) is 0 Å². The SMILES string of the molecule is O=CCCCC=O.[Cl][Zn][Cl]. The van der Waals surface area contributed by atoms with E-state index in [1.165, 1.54) is 0 Å². The molecule has 0 fully saturated rings. The first-order valence-corrected chi connectivity index (χ1v) is 10.6. The van der Waals surface area contributed by atoms with Crippen LogP contribution in [0.15, 0.2) is 0 Å². The number of carbonyl (C=O) groups excluding carboxylic acids is 2. The van der Waals surface area contributed by atoms with E-state index in [-0.39, 0.29) is 0 Å². The minimum absolute atomic E-state index is 0.513. The van der Waals surface area contributed by atoms with E-state index in [1.54, 1.807) is 0 Å². The standard InChI is InChI=1S/C5H8O2.2ClH.Zn/c6-4-2-1-3-5-7;;;/h4-5H,1-3H2;2*1H;/q;;;+2/p-2. The van der Waals surface area contributed by atoms with Crippen LogP contribution in [0, 0.1) is 0 Å². The summed E-state index contributed by atoms with van der Waals surface area (Å²) < 4.78 is 0. The molecule has 0 bridgehead atoms. The van der Waals surface area contributed by atoms with Gasteiger partial charge in [0.15, 0.2) is 0 Å². The molecule has 0 amide bonds. The molecule has 0 aromatic heterocycles. The zero-order chi connectivity index (χ0) is 8.24. The summed E-state index contributed by atoms with van der Waals surface area (Å²) in [5.41, 5.74) is 0. The Labute approximate surface area is 75.9 Å². The molecule has 0 saturated carbocycles. The fourth-order valence-electron chi connectivity index (χ4n) is 0.285. The van der Waals surface area contributed by atoms with Gasteiger partial charge in [-0.15, -0.1) is 0 Å². The van der Waals surface area contributed by atoms with Crippen molar-refractivity contribution in [1.29, 1.82) is 0 Å². The zero-order valence-electron chi connectivity index (χ0n) is 5.56. The third-order valence-electron chi connectivity index (χ3n) is 0.644. The van der Waals surface area contributed by atoms with Crippen molar-refractivity contribution < 1.29 is 24.7 Å². The van der Waals surface area contributed by atoms with E-state index >= 15 is 0 Å². The summed E-state index contributed by atoms with van der Waals surface area (Å²) in [5, 5.41) is 0. The Balaban J connectivity index is 0. The molecule has 0 spiro atoms. The monoisotopic (exact) mass is 234 g/mol. The molecule has 0 rings (SSSR count). The first kappa shape index (κ1) is 13.2. The Bertz CT molecular complexity index is 72.0. The average molecular weight is 236 g/mol. The van der Waals surface area contributed by atoms with E-state index in [2.05, 4.69) is 0 Å². The molecule has 0 aliphatic heterocycles. The van der Waals surface area contributed by atoms with E-state index < -0.39 is 15.1 Å². The molecule has 0 saturated heterocycles. The molecule has 0 N–H and O–H groups in total. The van der Waals surface area contributed by atoms with Gasteiger partial charge in [-0.1, -0.05) is 0 Å². The predicted molar refractivity (Wildman–Crippen MR) is 37.7 cm³/mol. The van der Waals surface area contributed by atoms with Crippen molar-refractivity contribution in [3.05, 3.63) is 0 Å². The Morgan fingerprint density at radius 1 is 1.10 bits per heavy atom. The van der Waals surface area contributed by atoms with E-state index in [1.807, 2.05) is 0 Å². The van der Waals surface area contributed by atoms with Crippen LogP contribution in [0.3, 0.4) is 0 Å². The number of halogens is 2. The van der Waals surface area contributed by atoms with Crippen LogP contribution in [0.2, 0.25) is 0 Å². The zero-order valence-corrected chi connectivity index (χ0v) is 10.0. The van der Waals surface area contributed by atoms with Gasteiger partial charge in [0.25, 0.3) is 0 Å². The van der Waals surface area contributed by atoms with Crippen LogP contribution in [-0.2, 0) is 24.7 Å². The second-order valence-electron chi connectivity index (χ2n) is 1.37. The van der Waals surface area contributed by atoms with Crippen LogP contribution in [-0.4, -0.2) is 12.6 Å². The van der Waals surface area contributed by atoms with Gasteiger partial charge in [-0.2, -0.15) is 0 Å². The van der Waals surface area contributed by atoms with Crippen molar-refractivity contribution in [2.75, 3.05) is 0 Å². The van der Waals surface area contributed by atoms with Gasteiger partial charge >= 0.3 is 34.5 Å². The molecule has 0 heterocycles. The normalized spacial score (nSPS) is 6.60. The second kappa shape index (κ2) is 16.3. The summed E-state index contributed by atoms with van der Waals surface area (Å²) in [6.45, 7) is 0. The molecule has 56 valence electrons. The molecule has 5 heteroatoms. The maximum absolute atomic E-state index is 9.56. The number of rotatable bonds is 4. The van der Waals surface area contributed by atoms with Gasteiger partial charge in [0.05, 0.1) is 0 Å². The van der Waals surface area contributed by atoms with E-state index in [0.717, 1.165) is 12.6 Å². The van der Waals surface area contributed by atoms with Crippen LogP contribution in [0.1, 0.15) is 19.3 Å². The topological polar surface area (TPSA) is 34.1 Å². The molecule has 0 radical (unpaired) electrons. The molecule has 2 nitrogen and oxygen atoms in total. The van der Waals surface area contributed by atoms with Gasteiger partial charge in [-0.3, -0.25) is 0 Å². The van der Waals surface area contributed by atoms with Crippen molar-refractivity contribution in [3.63, 3.8) is 0 Å². The molecule has 10 heavy (non-hydrogen) atoms. The minimum atomic E-state index is -0.931. The molecule has 0 aromatic rings. The van der Waals surface area contributed by atoms with Crippen molar-refractivity contribution in [2.24, 2.45) is 0 Å². The molecular weight excluding hydrogens is 228 g/mol. The summed E-state index contributed by atoms with van der Waals surface area (Å²) in [4.78, 5) is 19.1. The quantitative estimate of drug-likeness (QED) is 0.425. The Morgan fingerprint density at radius 3 is 1.60 bits per heavy atom. The first-order valence-electron chi connectivity index (χ1n) is 2.82. The first-order chi connectivity index (χ1) is 4.83. The average Bonchev–Trinajstić information content (AvgIpc) is 1.91. The summed E-state index contributed by atoms with van der Waals surface area (Å²) in [6, 6.07) is 0. The van der Waals surface area contributed by atoms with E-state index in [4.69, 9.17) is 19.4 Å².